The standard InChI is InChI=1S/C24H28N8O6S/c1-14-10-25-21(26-11-14)20(36-4)15(2)39(33,34)12-17-30-31-22(16-8-7-9-18(29-16)35-3)32(17)19-23(37-5)27-13-28-24(19)38-6/h7-11,13,15,20H,12H2,1-6H3/t15-,20-/m0/s1/i5D3,6D3. The van der Waals surface area contributed by atoms with Gasteiger partial charge in [0, 0.05) is 25.6 Å². The Hall–Kier alpha value is -4.24. The molecule has 0 aliphatic carbocycles. The van der Waals surface area contributed by atoms with Crippen LogP contribution in [0.2, 0.25) is 0 Å². The lowest BCUT2D eigenvalue weighted by Crippen LogP contribution is -2.30. The highest BCUT2D eigenvalue weighted by molar-refractivity contribution is 7.91. The molecule has 0 unspecified atom stereocenters. The Balaban J connectivity index is 1.94. The van der Waals surface area contributed by atoms with E-state index in [1.807, 2.05) is 0 Å². The summed E-state index contributed by atoms with van der Waals surface area (Å²) < 4.78 is 95.4. The highest BCUT2D eigenvalue weighted by Crippen LogP contribution is 2.34. The minimum atomic E-state index is -4.21. The third-order valence-electron chi connectivity index (χ3n) is 5.70. The fourth-order valence-corrected chi connectivity index (χ4v) is 5.13. The summed E-state index contributed by atoms with van der Waals surface area (Å²) in [6.45, 7) is 3.17. The van der Waals surface area contributed by atoms with Crippen molar-refractivity contribution >= 4 is 9.84 Å². The zero-order valence-electron chi connectivity index (χ0n) is 27.3. The van der Waals surface area contributed by atoms with Crippen LogP contribution in [0.3, 0.4) is 0 Å². The number of ether oxygens (including phenoxy) is 4. The summed E-state index contributed by atoms with van der Waals surface area (Å²) >= 11 is 0. The fourth-order valence-electron chi connectivity index (χ4n) is 3.71. The molecule has 4 rings (SSSR count). The molecule has 0 aliphatic heterocycles. The number of sulfone groups is 1. The number of methoxy groups -OCH3 is 4. The third-order valence-corrected chi connectivity index (χ3v) is 7.74. The summed E-state index contributed by atoms with van der Waals surface area (Å²) in [5.41, 5.74) is 0.327. The largest absolute Gasteiger partial charge is 0.481 e. The van der Waals surface area contributed by atoms with Gasteiger partial charge in [-0.05, 0) is 25.5 Å². The lowest BCUT2D eigenvalue weighted by atomic mass is 10.2. The molecule has 206 valence electrons. The quantitative estimate of drug-likeness (QED) is 0.260. The molecule has 0 saturated carbocycles. The zero-order valence-corrected chi connectivity index (χ0v) is 22.1. The maximum absolute atomic E-state index is 13.9. The van der Waals surface area contributed by atoms with Gasteiger partial charge in [0.2, 0.25) is 17.6 Å². The molecule has 0 aromatic carbocycles. The minimum Gasteiger partial charge on any atom is -0.481 e. The average molecular weight is 563 g/mol. The van der Waals surface area contributed by atoms with Crippen LogP contribution in [0.15, 0.2) is 36.9 Å². The summed E-state index contributed by atoms with van der Waals surface area (Å²) in [6.07, 6.45) is 2.77. The molecule has 4 aromatic rings. The van der Waals surface area contributed by atoms with Crippen molar-refractivity contribution < 1.29 is 35.6 Å². The second-order valence-electron chi connectivity index (χ2n) is 8.16. The van der Waals surface area contributed by atoms with Crippen molar-refractivity contribution in [3.8, 4) is 34.8 Å². The van der Waals surface area contributed by atoms with E-state index in [1.165, 1.54) is 45.7 Å². The molecule has 4 heterocycles. The van der Waals surface area contributed by atoms with E-state index in [4.69, 9.17) is 27.2 Å². The lowest BCUT2D eigenvalue weighted by molar-refractivity contribution is 0.0947. The summed E-state index contributed by atoms with van der Waals surface area (Å²) in [7, 11) is -7.69. The maximum Gasteiger partial charge on any atom is 0.245 e. The number of hydrogen-bond acceptors (Lipinski definition) is 13. The van der Waals surface area contributed by atoms with Crippen molar-refractivity contribution in [2.45, 2.75) is 31.0 Å². The van der Waals surface area contributed by atoms with E-state index in [0.717, 1.165) is 16.5 Å². The SMILES string of the molecule is [2H]C([2H])([2H])Oc1ncnc(OC([2H])([2H])[2H])c1-n1c(CS(=O)(=O)[C@@H](C)[C@H](OC)c2ncc(C)cn2)nnc1-c1cccc(OC)n1. The van der Waals surface area contributed by atoms with Crippen molar-refractivity contribution in [2.75, 3.05) is 28.3 Å². The number of aromatic nitrogens is 8. The van der Waals surface area contributed by atoms with Gasteiger partial charge in [-0.1, -0.05) is 6.07 Å². The van der Waals surface area contributed by atoms with Gasteiger partial charge in [0.1, 0.15) is 23.9 Å². The highest BCUT2D eigenvalue weighted by atomic mass is 32.2. The number of aryl methyl sites for hydroxylation is 1. The molecule has 0 bridgehead atoms. The van der Waals surface area contributed by atoms with Crippen LogP contribution >= 0.6 is 0 Å². The molecular weight excluding hydrogens is 528 g/mol. The molecule has 15 heteroatoms. The van der Waals surface area contributed by atoms with Crippen LogP contribution in [0.4, 0.5) is 0 Å². The van der Waals surface area contributed by atoms with Gasteiger partial charge in [-0.3, -0.25) is 4.57 Å². The molecule has 0 aliphatic rings. The molecule has 0 saturated heterocycles. The van der Waals surface area contributed by atoms with E-state index in [2.05, 4.69) is 35.1 Å². The van der Waals surface area contributed by atoms with Crippen molar-refractivity contribution in [1.29, 1.82) is 0 Å². The predicted octanol–water partition coefficient (Wildman–Crippen LogP) is 1.93. The second kappa shape index (κ2) is 11.7. The molecule has 0 N–H and O–H groups in total. The van der Waals surface area contributed by atoms with Crippen LogP contribution in [0.25, 0.3) is 17.2 Å². The van der Waals surface area contributed by atoms with Crippen LogP contribution in [-0.2, 0) is 20.3 Å². The first kappa shape index (κ1) is 20.7. The van der Waals surface area contributed by atoms with E-state index in [9.17, 15) is 8.42 Å². The molecule has 0 fully saturated rings. The normalized spacial score (nSPS) is 16.0. The Morgan fingerprint density at radius 2 is 1.69 bits per heavy atom. The van der Waals surface area contributed by atoms with Gasteiger partial charge in [-0.15, -0.1) is 10.2 Å². The van der Waals surface area contributed by atoms with Gasteiger partial charge < -0.3 is 18.9 Å². The van der Waals surface area contributed by atoms with Crippen LogP contribution < -0.4 is 14.2 Å². The first-order valence-corrected chi connectivity index (χ1v) is 13.0. The summed E-state index contributed by atoms with van der Waals surface area (Å²) in [6, 6.07) is 4.58. The number of rotatable bonds is 11. The molecule has 14 nitrogen and oxygen atoms in total. The van der Waals surface area contributed by atoms with E-state index in [0.29, 0.717) is 0 Å². The summed E-state index contributed by atoms with van der Waals surface area (Å²) in [5, 5.41) is 6.95. The van der Waals surface area contributed by atoms with Crippen LogP contribution in [0, 0.1) is 6.92 Å². The summed E-state index contributed by atoms with van der Waals surface area (Å²) in [5.74, 6) is -2.40. The van der Waals surface area contributed by atoms with Gasteiger partial charge in [-0.25, -0.2) is 23.4 Å². The maximum atomic E-state index is 13.9. The Labute approximate surface area is 233 Å². The first-order valence-electron chi connectivity index (χ1n) is 14.2. The van der Waals surface area contributed by atoms with E-state index >= 15 is 0 Å². The smallest absolute Gasteiger partial charge is 0.245 e. The van der Waals surface area contributed by atoms with E-state index in [1.54, 1.807) is 13.0 Å². The van der Waals surface area contributed by atoms with Crippen LogP contribution in [0.1, 0.15) is 38.5 Å². The van der Waals surface area contributed by atoms with Crippen LogP contribution in [-0.4, -0.2) is 81.6 Å². The monoisotopic (exact) mass is 562 g/mol. The third kappa shape index (κ3) is 5.63. The molecule has 0 spiro atoms. The first-order chi connectivity index (χ1) is 21.0. The molecule has 0 amide bonds. The van der Waals surface area contributed by atoms with Gasteiger partial charge in [-0.2, -0.15) is 9.97 Å². The number of hydrogen-bond donors (Lipinski definition) is 0. The molecule has 0 radical (unpaired) electrons. The van der Waals surface area contributed by atoms with Crippen LogP contribution in [0.5, 0.6) is 17.6 Å². The topological polar surface area (TPSA) is 166 Å². The Bertz CT molecular complexity index is 1720. The molecule has 4 aromatic heterocycles. The van der Waals surface area contributed by atoms with Gasteiger partial charge in [0.15, 0.2) is 33.0 Å². The Morgan fingerprint density at radius 3 is 2.31 bits per heavy atom. The van der Waals surface area contributed by atoms with E-state index < -0.39 is 58.5 Å². The second-order valence-corrected chi connectivity index (χ2v) is 10.5. The van der Waals surface area contributed by atoms with Gasteiger partial charge in [0.05, 0.1) is 34.7 Å². The predicted molar refractivity (Wildman–Crippen MR) is 138 cm³/mol. The summed E-state index contributed by atoms with van der Waals surface area (Å²) in [4.78, 5) is 20.5. The Morgan fingerprint density at radius 1 is 1.00 bits per heavy atom. The Kier molecular flexibility index (Phi) is 6.18. The molecule has 2 atom stereocenters. The van der Waals surface area contributed by atoms with E-state index in [-0.39, 0.29) is 29.0 Å². The number of pyridine rings is 1. The average Bonchev–Trinajstić information content (AvgIpc) is 3.35. The van der Waals surface area contributed by atoms with Crippen molar-refractivity contribution in [3.05, 3.63) is 54.1 Å². The highest BCUT2D eigenvalue weighted by Gasteiger charge is 2.35. The zero-order chi connectivity index (χ0) is 33.2. The minimum absolute atomic E-state index is 0.0740. The number of nitrogens with zero attached hydrogens (tertiary/aromatic N) is 8. The van der Waals surface area contributed by atoms with Gasteiger partial charge >= 0.3 is 0 Å². The van der Waals surface area contributed by atoms with Gasteiger partial charge in [0.25, 0.3) is 0 Å². The molecular formula is C24H28N8O6S. The van der Waals surface area contributed by atoms with Crippen molar-refractivity contribution in [3.63, 3.8) is 0 Å². The van der Waals surface area contributed by atoms with Crippen molar-refractivity contribution in [2.24, 2.45) is 0 Å². The van der Waals surface area contributed by atoms with Crippen molar-refractivity contribution in [1.82, 2.24) is 39.7 Å². The fraction of sp³-hybridized carbons (Fsp3) is 0.375. The lowest BCUT2D eigenvalue weighted by Gasteiger charge is -2.22. The molecule has 39 heavy (non-hydrogen) atoms.